The normalized spacial score (nSPS) is 13.1. The molecule has 21 heavy (non-hydrogen) atoms. The highest BCUT2D eigenvalue weighted by molar-refractivity contribution is 5.97. The maximum absolute atomic E-state index is 11.2. The number of unbranched alkanes of at least 4 members (excludes halogenated alkanes) is 4. The third-order valence-corrected chi connectivity index (χ3v) is 4.43. The molecular formula is C17H32O4. The van der Waals surface area contributed by atoms with Crippen molar-refractivity contribution >= 4 is 11.9 Å². The van der Waals surface area contributed by atoms with Crippen molar-refractivity contribution < 1.29 is 19.8 Å². The molecule has 0 bridgehead atoms. The van der Waals surface area contributed by atoms with Gasteiger partial charge in [0.2, 0.25) is 0 Å². The Bertz CT molecular complexity index is 298. The fourth-order valence-electron chi connectivity index (χ4n) is 2.58. The van der Waals surface area contributed by atoms with Gasteiger partial charge in [-0.3, -0.25) is 9.59 Å². The number of hydrogen-bond acceptors (Lipinski definition) is 2. The van der Waals surface area contributed by atoms with Crippen molar-refractivity contribution in [2.75, 3.05) is 0 Å². The topological polar surface area (TPSA) is 74.6 Å². The molecule has 4 nitrogen and oxygen atoms in total. The second-order valence-corrected chi connectivity index (χ2v) is 6.34. The van der Waals surface area contributed by atoms with Gasteiger partial charge in [-0.2, -0.15) is 0 Å². The average Bonchev–Trinajstić information content (AvgIpc) is 2.44. The zero-order valence-corrected chi connectivity index (χ0v) is 13.9. The minimum atomic E-state index is -1.64. The van der Waals surface area contributed by atoms with Gasteiger partial charge in [-0.25, -0.2) is 0 Å². The van der Waals surface area contributed by atoms with Crippen LogP contribution in [0.25, 0.3) is 0 Å². The van der Waals surface area contributed by atoms with Crippen molar-refractivity contribution in [1.82, 2.24) is 0 Å². The van der Waals surface area contributed by atoms with E-state index in [-0.39, 0.29) is 6.42 Å². The van der Waals surface area contributed by atoms with Crippen molar-refractivity contribution in [3.8, 4) is 0 Å². The molecule has 0 radical (unpaired) electrons. The SMILES string of the molecule is CCCCCCC(CCCC)CCC(C)(C(=O)O)C(=O)O. The van der Waals surface area contributed by atoms with Crippen LogP contribution < -0.4 is 0 Å². The summed E-state index contributed by atoms with van der Waals surface area (Å²) in [4.78, 5) is 22.4. The summed E-state index contributed by atoms with van der Waals surface area (Å²) < 4.78 is 0. The lowest BCUT2D eigenvalue weighted by Crippen LogP contribution is -2.36. The van der Waals surface area contributed by atoms with Crippen molar-refractivity contribution in [2.45, 2.75) is 85.0 Å². The molecule has 0 saturated heterocycles. The second kappa shape index (κ2) is 10.6. The van der Waals surface area contributed by atoms with E-state index >= 15 is 0 Å². The van der Waals surface area contributed by atoms with Crippen LogP contribution in [0.5, 0.6) is 0 Å². The molecule has 0 amide bonds. The van der Waals surface area contributed by atoms with Gasteiger partial charge in [0, 0.05) is 0 Å². The summed E-state index contributed by atoms with van der Waals surface area (Å²) in [7, 11) is 0. The molecule has 0 aliphatic carbocycles. The predicted molar refractivity (Wildman–Crippen MR) is 84.4 cm³/mol. The molecule has 0 spiro atoms. The van der Waals surface area contributed by atoms with Gasteiger partial charge in [-0.15, -0.1) is 0 Å². The van der Waals surface area contributed by atoms with E-state index in [1.54, 1.807) is 0 Å². The largest absolute Gasteiger partial charge is 0.480 e. The lowest BCUT2D eigenvalue weighted by Gasteiger charge is -2.23. The highest BCUT2D eigenvalue weighted by Crippen LogP contribution is 2.30. The maximum atomic E-state index is 11.2. The molecular weight excluding hydrogens is 268 g/mol. The Labute approximate surface area is 128 Å². The summed E-state index contributed by atoms with van der Waals surface area (Å²) in [6.45, 7) is 5.65. The molecule has 0 fully saturated rings. The highest BCUT2D eigenvalue weighted by atomic mass is 16.4. The van der Waals surface area contributed by atoms with Crippen LogP contribution in [0.4, 0.5) is 0 Å². The van der Waals surface area contributed by atoms with Crippen LogP contribution in [-0.4, -0.2) is 22.2 Å². The van der Waals surface area contributed by atoms with E-state index in [1.165, 1.54) is 32.6 Å². The van der Waals surface area contributed by atoms with Crippen molar-refractivity contribution in [1.29, 1.82) is 0 Å². The fraction of sp³-hybridized carbons (Fsp3) is 0.882. The third kappa shape index (κ3) is 7.49. The van der Waals surface area contributed by atoms with Crippen LogP contribution in [-0.2, 0) is 9.59 Å². The smallest absolute Gasteiger partial charge is 0.320 e. The Balaban J connectivity index is 4.43. The number of rotatable bonds is 13. The predicted octanol–water partition coefficient (Wildman–Crippen LogP) is 4.72. The lowest BCUT2D eigenvalue weighted by molar-refractivity contribution is -0.164. The van der Waals surface area contributed by atoms with Crippen molar-refractivity contribution in [2.24, 2.45) is 11.3 Å². The van der Waals surface area contributed by atoms with Gasteiger partial charge in [0.1, 0.15) is 0 Å². The van der Waals surface area contributed by atoms with Crippen LogP contribution in [0.3, 0.4) is 0 Å². The molecule has 0 aliphatic rings. The van der Waals surface area contributed by atoms with E-state index in [0.717, 1.165) is 25.7 Å². The first-order valence-electron chi connectivity index (χ1n) is 8.35. The second-order valence-electron chi connectivity index (χ2n) is 6.34. The van der Waals surface area contributed by atoms with Crippen LogP contribution in [0.15, 0.2) is 0 Å². The molecule has 2 N–H and O–H groups in total. The van der Waals surface area contributed by atoms with Crippen LogP contribution in [0, 0.1) is 11.3 Å². The van der Waals surface area contributed by atoms with Gasteiger partial charge in [0.05, 0.1) is 0 Å². The molecule has 0 aromatic rings. The molecule has 0 aromatic carbocycles. The van der Waals surface area contributed by atoms with Crippen molar-refractivity contribution in [3.63, 3.8) is 0 Å². The standard InChI is InChI=1S/C17H32O4/c1-4-6-8-9-11-14(10-7-5-2)12-13-17(3,15(18)19)16(20)21/h14H,4-13H2,1-3H3,(H,18,19)(H,20,21). The van der Waals surface area contributed by atoms with Gasteiger partial charge in [-0.05, 0) is 25.7 Å². The Kier molecular flexibility index (Phi) is 10.1. The molecule has 1 atom stereocenters. The fourth-order valence-corrected chi connectivity index (χ4v) is 2.58. The Morgan fingerprint density at radius 1 is 0.857 bits per heavy atom. The Morgan fingerprint density at radius 2 is 1.38 bits per heavy atom. The summed E-state index contributed by atoms with van der Waals surface area (Å²) in [6, 6.07) is 0. The maximum Gasteiger partial charge on any atom is 0.320 e. The van der Waals surface area contributed by atoms with Crippen LogP contribution in [0.2, 0.25) is 0 Å². The van der Waals surface area contributed by atoms with Gasteiger partial charge in [0.15, 0.2) is 5.41 Å². The van der Waals surface area contributed by atoms with E-state index in [2.05, 4.69) is 13.8 Å². The van der Waals surface area contributed by atoms with Gasteiger partial charge < -0.3 is 10.2 Å². The molecule has 0 heterocycles. The van der Waals surface area contributed by atoms with E-state index in [0.29, 0.717) is 12.3 Å². The number of hydrogen-bond donors (Lipinski definition) is 2. The van der Waals surface area contributed by atoms with E-state index < -0.39 is 17.4 Å². The highest BCUT2D eigenvalue weighted by Gasteiger charge is 2.41. The van der Waals surface area contributed by atoms with Gasteiger partial charge in [0.25, 0.3) is 0 Å². The molecule has 0 aliphatic heterocycles. The Hall–Kier alpha value is -1.06. The first-order chi connectivity index (χ1) is 9.88. The molecule has 0 saturated carbocycles. The van der Waals surface area contributed by atoms with Crippen LogP contribution >= 0.6 is 0 Å². The molecule has 0 aromatic heterocycles. The number of carboxylic acid groups (broad SMARTS) is 2. The first kappa shape index (κ1) is 19.9. The summed E-state index contributed by atoms with van der Waals surface area (Å²) >= 11 is 0. The monoisotopic (exact) mass is 300 g/mol. The van der Waals surface area contributed by atoms with Gasteiger partial charge in [-0.1, -0.05) is 65.2 Å². The van der Waals surface area contributed by atoms with E-state index in [9.17, 15) is 9.59 Å². The number of carboxylic acids is 2. The molecule has 1 unspecified atom stereocenters. The summed E-state index contributed by atoms with van der Waals surface area (Å²) in [5.74, 6) is -2.00. The van der Waals surface area contributed by atoms with E-state index in [1.807, 2.05) is 0 Å². The van der Waals surface area contributed by atoms with Crippen LogP contribution in [0.1, 0.15) is 85.0 Å². The average molecular weight is 300 g/mol. The van der Waals surface area contributed by atoms with Gasteiger partial charge >= 0.3 is 11.9 Å². The lowest BCUT2D eigenvalue weighted by atomic mass is 9.80. The molecule has 124 valence electrons. The number of aliphatic carboxylic acids is 2. The zero-order valence-electron chi connectivity index (χ0n) is 13.9. The molecule has 4 heteroatoms. The quantitative estimate of drug-likeness (QED) is 0.381. The third-order valence-electron chi connectivity index (χ3n) is 4.43. The Morgan fingerprint density at radius 3 is 1.86 bits per heavy atom. The summed E-state index contributed by atoms with van der Waals surface area (Å²) in [5, 5.41) is 18.3. The summed E-state index contributed by atoms with van der Waals surface area (Å²) in [5.41, 5.74) is -1.64. The van der Waals surface area contributed by atoms with Crippen molar-refractivity contribution in [3.05, 3.63) is 0 Å². The summed E-state index contributed by atoms with van der Waals surface area (Å²) in [6.07, 6.45) is 10.2. The molecule has 0 rings (SSSR count). The zero-order chi connectivity index (χ0) is 16.3. The number of carbonyl (C=O) groups is 2. The minimum absolute atomic E-state index is 0.222. The van der Waals surface area contributed by atoms with E-state index in [4.69, 9.17) is 10.2 Å². The first-order valence-corrected chi connectivity index (χ1v) is 8.35. The minimum Gasteiger partial charge on any atom is -0.480 e.